The zero-order valence-corrected chi connectivity index (χ0v) is 15.8. The van der Waals surface area contributed by atoms with E-state index in [-0.39, 0.29) is 6.04 Å². The Morgan fingerprint density at radius 1 is 1.29 bits per heavy atom. The molecule has 1 N–H and O–H groups in total. The first kappa shape index (κ1) is 17.0. The van der Waals surface area contributed by atoms with Gasteiger partial charge in [0.15, 0.2) is 6.10 Å². The Morgan fingerprint density at radius 3 is 2.86 bits per heavy atom. The second-order valence-electron chi connectivity index (χ2n) is 8.74. The molecule has 5 aliphatic rings. The quantitative estimate of drug-likeness (QED) is 0.787. The third-order valence-corrected chi connectivity index (χ3v) is 7.86. The van der Waals surface area contributed by atoms with Gasteiger partial charge in [0.2, 0.25) is 5.79 Å². The van der Waals surface area contributed by atoms with E-state index in [1.807, 2.05) is 18.2 Å². The topological polar surface area (TPSA) is 75.0 Å². The second kappa shape index (κ2) is 5.37. The molecule has 6 rings (SSSR count). The van der Waals surface area contributed by atoms with Crippen LogP contribution < -0.4 is 4.74 Å². The highest BCUT2D eigenvalue weighted by Crippen LogP contribution is 2.67. The number of fused-ring (bicyclic) bond motifs is 1. The Morgan fingerprint density at radius 2 is 2.11 bits per heavy atom. The van der Waals surface area contributed by atoms with Crippen LogP contribution in [0.5, 0.6) is 5.75 Å². The van der Waals surface area contributed by atoms with E-state index in [0.717, 1.165) is 31.5 Å². The minimum absolute atomic E-state index is 0.00418. The molecule has 3 aliphatic heterocycles. The highest BCUT2D eigenvalue weighted by atomic mass is 16.8. The number of nitrogens with zero attached hydrogens (tertiary/aromatic N) is 2. The molecule has 1 aromatic carbocycles. The smallest absolute Gasteiger partial charge is 0.207 e. The lowest BCUT2D eigenvalue weighted by Crippen LogP contribution is -2.79. The van der Waals surface area contributed by atoms with Gasteiger partial charge >= 0.3 is 0 Å². The summed E-state index contributed by atoms with van der Waals surface area (Å²) in [7, 11) is 0. The van der Waals surface area contributed by atoms with Gasteiger partial charge in [-0.15, -0.1) is 6.58 Å². The molecule has 2 aliphatic carbocycles. The fourth-order valence-corrected chi connectivity index (χ4v) is 6.84. The van der Waals surface area contributed by atoms with Gasteiger partial charge in [0.05, 0.1) is 29.8 Å². The van der Waals surface area contributed by atoms with Gasteiger partial charge in [-0.3, -0.25) is 4.90 Å². The van der Waals surface area contributed by atoms with Gasteiger partial charge in [0, 0.05) is 24.6 Å². The Kier molecular flexibility index (Phi) is 3.26. The van der Waals surface area contributed by atoms with E-state index in [1.165, 1.54) is 5.56 Å². The van der Waals surface area contributed by atoms with Crippen LogP contribution in [0.3, 0.4) is 0 Å². The third-order valence-electron chi connectivity index (χ3n) is 7.86. The highest BCUT2D eigenvalue weighted by Gasteiger charge is 2.77. The van der Waals surface area contributed by atoms with Crippen LogP contribution in [0.4, 0.5) is 0 Å². The van der Waals surface area contributed by atoms with Crippen molar-refractivity contribution < 1.29 is 19.3 Å². The first-order valence-corrected chi connectivity index (χ1v) is 10.2. The van der Waals surface area contributed by atoms with Crippen molar-refractivity contribution in [2.75, 3.05) is 26.3 Å². The van der Waals surface area contributed by atoms with Crippen LogP contribution in [0.1, 0.15) is 36.0 Å². The maximum atomic E-state index is 12.3. The molecule has 0 amide bonds. The third kappa shape index (κ3) is 1.69. The van der Waals surface area contributed by atoms with Crippen LogP contribution in [0, 0.1) is 11.3 Å². The molecule has 2 unspecified atom stereocenters. The average molecular weight is 380 g/mol. The zero-order chi connectivity index (χ0) is 19.1. The molecule has 4 atom stereocenters. The molecule has 2 bridgehead atoms. The summed E-state index contributed by atoms with van der Waals surface area (Å²) >= 11 is 0. The average Bonchev–Trinajstić information content (AvgIpc) is 3.30. The summed E-state index contributed by atoms with van der Waals surface area (Å²) in [6, 6.07) is 6.18. The number of hydrogen-bond donors (Lipinski definition) is 1. The van der Waals surface area contributed by atoms with E-state index in [9.17, 15) is 10.4 Å². The predicted molar refractivity (Wildman–Crippen MR) is 99.9 cm³/mol. The van der Waals surface area contributed by atoms with Crippen molar-refractivity contribution >= 4 is 0 Å². The molecule has 146 valence electrons. The second-order valence-corrected chi connectivity index (χ2v) is 8.74. The van der Waals surface area contributed by atoms with E-state index in [2.05, 4.69) is 17.5 Å². The largest absolute Gasteiger partial charge is 0.482 e. The van der Waals surface area contributed by atoms with Crippen molar-refractivity contribution in [3.63, 3.8) is 0 Å². The fourth-order valence-electron chi connectivity index (χ4n) is 6.84. The Labute approximate surface area is 164 Å². The number of piperidine rings is 1. The summed E-state index contributed by atoms with van der Waals surface area (Å²) in [6.07, 6.45) is 4.18. The fraction of sp³-hybridized carbons (Fsp3) is 0.591. The Hall–Kier alpha value is -1.91. The SMILES string of the molecule is C=CCN1CC[C@@]23c4c5ccc(C#N)c4OC2C2(CCC3(O)[C@@H]1C5)OCCO2. The van der Waals surface area contributed by atoms with Gasteiger partial charge in [-0.25, -0.2) is 0 Å². The van der Waals surface area contributed by atoms with Gasteiger partial charge in [0.25, 0.3) is 0 Å². The summed E-state index contributed by atoms with van der Waals surface area (Å²) in [5.41, 5.74) is 1.20. The Bertz CT molecular complexity index is 918. The summed E-state index contributed by atoms with van der Waals surface area (Å²) < 4.78 is 18.8. The number of ether oxygens (including phenoxy) is 3. The van der Waals surface area contributed by atoms with E-state index >= 15 is 0 Å². The van der Waals surface area contributed by atoms with Crippen molar-refractivity contribution in [2.24, 2.45) is 0 Å². The van der Waals surface area contributed by atoms with Crippen LogP contribution in [0.15, 0.2) is 24.8 Å². The van der Waals surface area contributed by atoms with Gasteiger partial charge in [-0.2, -0.15) is 5.26 Å². The van der Waals surface area contributed by atoms with E-state index in [4.69, 9.17) is 14.2 Å². The van der Waals surface area contributed by atoms with Crippen LogP contribution in [0.25, 0.3) is 0 Å². The van der Waals surface area contributed by atoms with Crippen molar-refractivity contribution in [1.82, 2.24) is 4.90 Å². The van der Waals surface area contributed by atoms with Gasteiger partial charge in [-0.05, 0) is 37.4 Å². The van der Waals surface area contributed by atoms with Crippen LogP contribution in [-0.4, -0.2) is 59.8 Å². The molecule has 2 saturated heterocycles. The van der Waals surface area contributed by atoms with Crippen LogP contribution in [-0.2, 0) is 21.3 Å². The number of benzene rings is 1. The van der Waals surface area contributed by atoms with Crippen molar-refractivity contribution in [3.8, 4) is 11.8 Å². The maximum Gasteiger partial charge on any atom is 0.207 e. The van der Waals surface area contributed by atoms with Gasteiger partial charge in [-0.1, -0.05) is 12.1 Å². The summed E-state index contributed by atoms with van der Waals surface area (Å²) in [5, 5.41) is 22.0. The first-order valence-electron chi connectivity index (χ1n) is 10.2. The number of likely N-dealkylation sites (tertiary alicyclic amines) is 1. The normalized spacial score (nSPS) is 39.3. The van der Waals surface area contributed by atoms with E-state index in [1.54, 1.807) is 0 Å². The molecule has 2 spiro atoms. The molecule has 28 heavy (non-hydrogen) atoms. The molecule has 6 nitrogen and oxygen atoms in total. The zero-order valence-electron chi connectivity index (χ0n) is 15.8. The van der Waals surface area contributed by atoms with E-state index in [0.29, 0.717) is 37.4 Å². The maximum absolute atomic E-state index is 12.3. The number of rotatable bonds is 2. The van der Waals surface area contributed by atoms with Gasteiger partial charge < -0.3 is 19.3 Å². The molecule has 6 heteroatoms. The van der Waals surface area contributed by atoms with Gasteiger partial charge in [0.1, 0.15) is 11.8 Å². The molecule has 3 heterocycles. The number of hydrogen-bond acceptors (Lipinski definition) is 6. The molecular weight excluding hydrogens is 356 g/mol. The van der Waals surface area contributed by atoms with Crippen molar-refractivity contribution in [2.45, 2.75) is 54.6 Å². The summed E-state index contributed by atoms with van der Waals surface area (Å²) in [5.74, 6) is -0.197. The number of nitriles is 1. The lowest BCUT2D eigenvalue weighted by Gasteiger charge is -2.65. The monoisotopic (exact) mass is 380 g/mol. The minimum Gasteiger partial charge on any atom is -0.482 e. The van der Waals surface area contributed by atoms with E-state index < -0.39 is 22.9 Å². The number of aliphatic hydroxyl groups is 1. The molecule has 0 aromatic heterocycles. The standard InChI is InChI=1S/C22H24N2O4/c1-2-8-24-9-7-20-17-14-3-4-15(13-23)18(17)28-19(20)22(26-10-11-27-22)6-5-21(20,25)16(24)12-14/h2-4,16,19,25H,1,5-12H2/t16-,19?,20+,21?/m0/s1. The molecule has 1 saturated carbocycles. The molecular formula is C22H24N2O4. The van der Waals surface area contributed by atoms with Crippen LogP contribution >= 0.6 is 0 Å². The molecule has 3 fully saturated rings. The van der Waals surface area contributed by atoms with Crippen molar-refractivity contribution in [3.05, 3.63) is 41.5 Å². The first-order chi connectivity index (χ1) is 13.6. The lowest BCUT2D eigenvalue weighted by molar-refractivity contribution is -0.296. The predicted octanol–water partition coefficient (Wildman–Crippen LogP) is 1.64. The summed E-state index contributed by atoms with van der Waals surface area (Å²) in [4.78, 5) is 2.35. The molecule has 0 radical (unpaired) electrons. The Balaban J connectivity index is 1.62. The highest BCUT2D eigenvalue weighted by molar-refractivity contribution is 5.63. The molecule has 1 aromatic rings. The lowest BCUT2D eigenvalue weighted by atomic mass is 9.48. The van der Waals surface area contributed by atoms with Crippen molar-refractivity contribution in [1.29, 1.82) is 5.26 Å². The minimum atomic E-state index is -0.939. The summed E-state index contributed by atoms with van der Waals surface area (Å²) in [6.45, 7) is 6.59. The van der Waals surface area contributed by atoms with Crippen LogP contribution in [0.2, 0.25) is 0 Å².